The molecule has 0 saturated heterocycles. The fraction of sp³-hybridized carbons (Fsp3) is 0.167. The number of hydrogen-bond donors (Lipinski definition) is 3. The van der Waals surface area contributed by atoms with Crippen LogP contribution in [-0.2, 0) is 19.6 Å². The molecule has 8 rings (SSSR count). The van der Waals surface area contributed by atoms with Crippen LogP contribution in [0, 0.1) is 0 Å². The van der Waals surface area contributed by atoms with E-state index < -0.39 is 0 Å². The van der Waals surface area contributed by atoms with E-state index in [9.17, 15) is 0 Å². The van der Waals surface area contributed by atoms with E-state index in [4.69, 9.17) is 9.97 Å². The lowest BCUT2D eigenvalue weighted by atomic mass is 10.1. The number of fused-ring (bicyclic) bond motifs is 8. The van der Waals surface area contributed by atoms with Crippen LogP contribution in [0.25, 0.3) is 80.1 Å². The van der Waals surface area contributed by atoms with Gasteiger partial charge >= 0.3 is 0 Å². The molecule has 8 heterocycles. The van der Waals surface area contributed by atoms with E-state index in [1.165, 1.54) is 0 Å². The Morgan fingerprint density at radius 3 is 1.41 bits per heavy atom. The van der Waals surface area contributed by atoms with Crippen LogP contribution < -0.4 is 18.7 Å². The van der Waals surface area contributed by atoms with Gasteiger partial charge in [0, 0.05) is 42.5 Å². The van der Waals surface area contributed by atoms with E-state index in [1.807, 2.05) is 6.08 Å². The van der Waals surface area contributed by atoms with Crippen molar-refractivity contribution in [1.29, 1.82) is 0 Å². The van der Waals surface area contributed by atoms with Gasteiger partial charge in [0.05, 0.1) is 67.1 Å². The highest BCUT2D eigenvalue weighted by Gasteiger charge is 2.26. The number of rotatable bonds is 10. The molecule has 8 heteroatoms. The Kier molecular flexibility index (Phi) is 10.3. The summed E-state index contributed by atoms with van der Waals surface area (Å²) in [6.45, 7) is 15.8. The van der Waals surface area contributed by atoms with Crippen molar-refractivity contribution in [2.24, 2.45) is 0 Å². The number of aromatic nitrogens is 7. The van der Waals surface area contributed by atoms with Gasteiger partial charge in [0.15, 0.2) is 18.6 Å². The molecule has 0 unspecified atom stereocenters. The third-order valence-electron chi connectivity index (χ3n) is 10.4. The van der Waals surface area contributed by atoms with Crippen molar-refractivity contribution < 1.29 is 18.7 Å². The number of hydrogen-bond acceptors (Lipinski definition) is 2. The molecule has 0 amide bonds. The zero-order valence-corrected chi connectivity index (χ0v) is 32.6. The normalized spacial score (nSPS) is 12.5. The second-order valence-corrected chi connectivity index (χ2v) is 13.7. The zero-order chi connectivity index (χ0) is 38.6. The summed E-state index contributed by atoms with van der Waals surface area (Å²) >= 11 is 0. The third kappa shape index (κ3) is 6.64. The molecule has 0 atom stereocenters. The van der Waals surface area contributed by atoms with Gasteiger partial charge in [0.2, 0.25) is 22.8 Å². The first-order valence-electron chi connectivity index (χ1n) is 19.6. The molecule has 0 radical (unpaired) electrons. The maximum absolute atomic E-state index is 5.50. The summed E-state index contributed by atoms with van der Waals surface area (Å²) in [4.78, 5) is 22.4. The highest BCUT2D eigenvalue weighted by Crippen LogP contribution is 2.35. The van der Waals surface area contributed by atoms with Gasteiger partial charge in [-0.25, -0.2) is 15.0 Å². The van der Waals surface area contributed by atoms with Crippen LogP contribution in [-0.4, -0.2) is 32.2 Å². The van der Waals surface area contributed by atoms with E-state index in [2.05, 4.69) is 191 Å². The van der Waals surface area contributed by atoms with E-state index >= 15 is 0 Å². The number of aryl methyl sites for hydroxylation is 3. The lowest BCUT2D eigenvalue weighted by molar-refractivity contribution is -0.682. The third-order valence-corrected chi connectivity index (χ3v) is 10.4. The van der Waals surface area contributed by atoms with Crippen LogP contribution in [0.4, 0.5) is 0 Å². The van der Waals surface area contributed by atoms with Crippen molar-refractivity contribution in [3.8, 4) is 33.8 Å². The van der Waals surface area contributed by atoms with Crippen LogP contribution in [0.1, 0.15) is 56.0 Å². The molecule has 276 valence electrons. The predicted octanol–water partition coefficient (Wildman–Crippen LogP) is 7.21. The zero-order valence-electron chi connectivity index (χ0n) is 32.6. The van der Waals surface area contributed by atoms with Crippen molar-refractivity contribution in [2.75, 3.05) is 6.54 Å². The summed E-state index contributed by atoms with van der Waals surface area (Å²) in [7, 11) is 0. The fourth-order valence-corrected chi connectivity index (χ4v) is 7.82. The lowest BCUT2D eigenvalue weighted by Crippen LogP contribution is -2.72. The Balaban J connectivity index is 1.61. The highest BCUT2D eigenvalue weighted by atomic mass is 15.0. The molecule has 0 saturated carbocycles. The van der Waals surface area contributed by atoms with Gasteiger partial charge in [0.1, 0.15) is 26.2 Å². The smallest absolute Gasteiger partial charge is 0.216 e. The van der Waals surface area contributed by atoms with Crippen molar-refractivity contribution >= 4 is 52.1 Å². The quantitative estimate of drug-likeness (QED) is 0.0789. The van der Waals surface area contributed by atoms with E-state index in [0.717, 1.165) is 116 Å². The van der Waals surface area contributed by atoms with Gasteiger partial charge in [-0.3, -0.25) is 0 Å². The summed E-state index contributed by atoms with van der Waals surface area (Å²) in [6.07, 6.45) is 20.8. The summed E-state index contributed by atoms with van der Waals surface area (Å²) < 4.78 is 6.82. The molecular weight excluding hydrogens is 689 g/mol. The minimum Gasteiger partial charge on any atom is -0.354 e. The molecule has 0 spiro atoms. The van der Waals surface area contributed by atoms with Gasteiger partial charge in [-0.05, 0) is 94.5 Å². The molecular formula is C48H48N8+4. The van der Waals surface area contributed by atoms with E-state index in [1.54, 1.807) is 6.08 Å². The number of allylic oxidation sites excluding steroid dienone is 3. The Hall–Kier alpha value is -6.80. The summed E-state index contributed by atoms with van der Waals surface area (Å²) in [5, 5.41) is 0. The first kappa shape index (κ1) is 36.2. The minimum absolute atomic E-state index is 0.737. The standard InChI is InChI=1S/C48H46N8/c1-6-11-18-33(49-7-2)45-34-22-24-36(50-34)46(42-19-12-15-30-54(42)8-3)38-26-28-40(52-38)48(44-21-14-17-32-56(44)10-5)41-29-27-39(53-41)47(37-25-23-35(45)51-37)43-20-13-16-31-55(43)9-4/h6,11-32H,1,7-10H2,2-5H3,(H,50,51,52,53)/q+2/p+2/b18-11-,45-34?,45-35?,46-36?,46-38?,47-37?,47-39?,48-40?,48-41?,49-33?. The van der Waals surface area contributed by atoms with Crippen LogP contribution in [0.5, 0.6) is 0 Å². The summed E-state index contributed by atoms with van der Waals surface area (Å²) in [6, 6.07) is 27.8. The largest absolute Gasteiger partial charge is 0.354 e. The highest BCUT2D eigenvalue weighted by molar-refractivity contribution is 6.12. The van der Waals surface area contributed by atoms with Gasteiger partial charge in [-0.1, -0.05) is 18.7 Å². The average Bonchev–Trinajstić information content (AvgIpc) is 4.08. The molecule has 56 heavy (non-hydrogen) atoms. The summed E-state index contributed by atoms with van der Waals surface area (Å²) in [5.74, 6) is 0. The fourth-order valence-electron chi connectivity index (χ4n) is 7.82. The van der Waals surface area contributed by atoms with E-state index in [-0.39, 0.29) is 0 Å². The molecule has 3 N–H and O–H groups in total. The molecule has 8 bridgehead atoms. The lowest BCUT2D eigenvalue weighted by Gasteiger charge is -2.06. The maximum Gasteiger partial charge on any atom is 0.216 e. The number of aromatic amines is 2. The van der Waals surface area contributed by atoms with E-state index in [0.29, 0.717) is 0 Å². The Bertz CT molecular complexity index is 2730. The van der Waals surface area contributed by atoms with Gasteiger partial charge in [-0.2, -0.15) is 13.7 Å². The summed E-state index contributed by atoms with van der Waals surface area (Å²) in [5.41, 5.74) is 15.6. The van der Waals surface area contributed by atoms with Crippen LogP contribution >= 0.6 is 0 Å². The van der Waals surface area contributed by atoms with Gasteiger partial charge < -0.3 is 9.97 Å². The Labute approximate surface area is 328 Å². The minimum atomic E-state index is 0.737. The molecule has 6 aromatic rings. The number of nitrogens with zero attached hydrogens (tertiary/aromatic N) is 5. The first-order valence-corrected chi connectivity index (χ1v) is 19.6. The average molecular weight is 737 g/mol. The Morgan fingerprint density at radius 1 is 0.571 bits per heavy atom. The van der Waals surface area contributed by atoms with Gasteiger partial charge in [-0.15, -0.1) is 0 Å². The molecule has 0 aliphatic carbocycles. The first-order chi connectivity index (χ1) is 27.6. The van der Waals surface area contributed by atoms with Crippen molar-refractivity contribution in [3.63, 3.8) is 0 Å². The van der Waals surface area contributed by atoms with Crippen LogP contribution in [0.2, 0.25) is 0 Å². The van der Waals surface area contributed by atoms with Gasteiger partial charge in [0.25, 0.3) is 0 Å². The monoisotopic (exact) mass is 736 g/mol. The van der Waals surface area contributed by atoms with Crippen molar-refractivity contribution in [1.82, 2.24) is 19.9 Å². The van der Waals surface area contributed by atoms with Crippen LogP contribution in [0.15, 0.2) is 122 Å². The molecule has 2 aliphatic heterocycles. The predicted molar refractivity (Wildman–Crippen MR) is 228 cm³/mol. The maximum atomic E-state index is 5.50. The number of nitrogens with one attached hydrogen (secondary N) is 3. The second kappa shape index (κ2) is 15.9. The molecule has 8 nitrogen and oxygen atoms in total. The second-order valence-electron chi connectivity index (χ2n) is 13.7. The molecule has 6 aromatic heterocycles. The van der Waals surface area contributed by atoms with Crippen molar-refractivity contribution in [3.05, 3.63) is 151 Å². The molecule has 2 aliphatic rings. The van der Waals surface area contributed by atoms with Crippen molar-refractivity contribution in [2.45, 2.75) is 47.3 Å². The number of H-pyrrole nitrogens is 2. The molecule has 0 aromatic carbocycles. The number of pyridine rings is 3. The SMILES string of the molecule is C=C/C=C\C(=[NH+]CC)c1c2nc(c(-c3cccc[n+]3CC)c3ccc([nH]3)c(-c3cccc[n+]3CC)c3nc(c(-c4cccc[n+]4CC)c4ccc1[nH]4)C=C3)C=C2. The Morgan fingerprint density at radius 2 is 0.982 bits per heavy atom. The topological polar surface area (TPSA) is 83.0 Å². The molecule has 0 fully saturated rings. The van der Waals surface area contributed by atoms with Crippen LogP contribution in [0.3, 0.4) is 0 Å².